The summed E-state index contributed by atoms with van der Waals surface area (Å²) in [7, 11) is 0. The van der Waals surface area contributed by atoms with E-state index >= 15 is 0 Å². The summed E-state index contributed by atoms with van der Waals surface area (Å²) in [6, 6.07) is 7.64. The van der Waals surface area contributed by atoms with Gasteiger partial charge in [0.15, 0.2) is 5.54 Å². The second kappa shape index (κ2) is 5.65. The highest BCUT2D eigenvalue weighted by molar-refractivity contribution is 5.83. The van der Waals surface area contributed by atoms with Gasteiger partial charge < -0.3 is 10.0 Å². The number of hydrogen-bond acceptors (Lipinski definition) is 2. The number of carboxylic acid groups (broad SMARTS) is 1. The van der Waals surface area contributed by atoms with E-state index in [4.69, 9.17) is 0 Å². The summed E-state index contributed by atoms with van der Waals surface area (Å²) in [5, 5.41) is 9.78. The fourth-order valence-corrected chi connectivity index (χ4v) is 2.78. The molecule has 0 saturated heterocycles. The first kappa shape index (κ1) is 14.6. The fourth-order valence-electron chi connectivity index (χ4n) is 2.78. The Balaban J connectivity index is 2.49. The number of aliphatic carboxylic acids is 1. The molecule has 4 heteroatoms. The lowest BCUT2D eigenvalue weighted by Crippen LogP contribution is -2.52. The van der Waals surface area contributed by atoms with Crippen molar-refractivity contribution >= 4 is 12.4 Å². The smallest absolute Gasteiger partial charge is 0.334 e. The summed E-state index contributed by atoms with van der Waals surface area (Å²) in [5.41, 5.74) is 0.603. The summed E-state index contributed by atoms with van der Waals surface area (Å²) >= 11 is 0. The molecule has 0 radical (unpaired) electrons. The molecule has 4 nitrogen and oxygen atoms in total. The number of amides is 1. The molecule has 0 aliphatic heterocycles. The lowest BCUT2D eigenvalue weighted by atomic mass is 9.84. The van der Waals surface area contributed by atoms with Crippen LogP contribution in [0.25, 0.3) is 0 Å². The first-order valence-corrected chi connectivity index (χ1v) is 7.16. The highest BCUT2D eigenvalue weighted by Gasteiger charge is 2.49. The van der Waals surface area contributed by atoms with Crippen LogP contribution >= 0.6 is 0 Å². The Bertz CT molecular complexity index is 493. The highest BCUT2D eigenvalue weighted by Crippen LogP contribution is 2.40. The maximum atomic E-state index is 11.9. The molecule has 1 unspecified atom stereocenters. The standard InChI is InChI=1S/C16H21NO3/c1-3-12-5-7-13(8-6-12)16(4-2,15(19)20)17(11-18)14-9-10-14/h5-8,11,14H,3-4,9-10H2,1-2H3,(H,19,20). The third-order valence-corrected chi connectivity index (χ3v) is 4.20. The predicted octanol–water partition coefficient (Wildman–Crippen LogP) is 2.56. The molecule has 1 aromatic carbocycles. The third-order valence-electron chi connectivity index (χ3n) is 4.20. The molecular formula is C16H21NO3. The van der Waals surface area contributed by atoms with Crippen molar-refractivity contribution in [2.75, 3.05) is 0 Å². The zero-order valence-electron chi connectivity index (χ0n) is 12.0. The van der Waals surface area contributed by atoms with Crippen molar-refractivity contribution in [3.63, 3.8) is 0 Å². The lowest BCUT2D eigenvalue weighted by Gasteiger charge is -2.38. The van der Waals surface area contributed by atoms with Crippen LogP contribution in [0.5, 0.6) is 0 Å². The van der Waals surface area contributed by atoms with Crippen LogP contribution in [0.15, 0.2) is 24.3 Å². The number of carbonyl (C=O) groups excluding carboxylic acids is 1. The van der Waals surface area contributed by atoms with Gasteiger partial charge in [-0.1, -0.05) is 38.1 Å². The number of carboxylic acids is 1. The molecule has 0 heterocycles. The molecule has 1 aliphatic carbocycles. The Morgan fingerprint density at radius 2 is 1.95 bits per heavy atom. The van der Waals surface area contributed by atoms with Gasteiger partial charge in [-0.3, -0.25) is 4.79 Å². The Morgan fingerprint density at radius 3 is 2.30 bits per heavy atom. The maximum Gasteiger partial charge on any atom is 0.334 e. The Kier molecular flexibility index (Phi) is 4.12. The van der Waals surface area contributed by atoms with E-state index in [9.17, 15) is 14.7 Å². The Hall–Kier alpha value is -1.84. The highest BCUT2D eigenvalue weighted by atomic mass is 16.4. The number of carbonyl (C=O) groups is 2. The molecule has 1 saturated carbocycles. The largest absolute Gasteiger partial charge is 0.479 e. The van der Waals surface area contributed by atoms with Gasteiger partial charge in [-0.25, -0.2) is 4.79 Å². The molecule has 108 valence electrons. The van der Waals surface area contributed by atoms with Crippen molar-refractivity contribution in [2.24, 2.45) is 0 Å². The molecule has 1 aliphatic rings. The van der Waals surface area contributed by atoms with Gasteiger partial charge in [0.1, 0.15) is 0 Å². The van der Waals surface area contributed by atoms with E-state index in [-0.39, 0.29) is 6.04 Å². The summed E-state index contributed by atoms with van der Waals surface area (Å²) in [5.74, 6) is -0.955. The van der Waals surface area contributed by atoms with Gasteiger partial charge in [0, 0.05) is 6.04 Å². The molecule has 1 atom stereocenters. The van der Waals surface area contributed by atoms with Crippen LogP contribution in [0.2, 0.25) is 0 Å². The van der Waals surface area contributed by atoms with Crippen LogP contribution in [0, 0.1) is 0 Å². The SMILES string of the molecule is CCc1ccc(C(CC)(C(=O)O)N(C=O)C2CC2)cc1. The summed E-state index contributed by atoms with van der Waals surface area (Å²) in [4.78, 5) is 24.9. The van der Waals surface area contributed by atoms with Gasteiger partial charge in [-0.15, -0.1) is 0 Å². The Labute approximate surface area is 119 Å². The lowest BCUT2D eigenvalue weighted by molar-refractivity contribution is -0.157. The van der Waals surface area contributed by atoms with Gasteiger partial charge in [0.25, 0.3) is 0 Å². The van der Waals surface area contributed by atoms with Crippen molar-refractivity contribution in [3.05, 3.63) is 35.4 Å². The average Bonchev–Trinajstić information content (AvgIpc) is 3.29. The number of nitrogens with zero attached hydrogens (tertiary/aromatic N) is 1. The molecule has 0 aromatic heterocycles. The van der Waals surface area contributed by atoms with Gasteiger partial charge in [-0.2, -0.15) is 0 Å². The van der Waals surface area contributed by atoms with E-state index < -0.39 is 11.5 Å². The molecule has 20 heavy (non-hydrogen) atoms. The molecule has 1 N–H and O–H groups in total. The van der Waals surface area contributed by atoms with Crippen molar-refractivity contribution in [2.45, 2.75) is 51.1 Å². The number of benzene rings is 1. The molecule has 1 aromatic rings. The van der Waals surface area contributed by atoms with Crippen LogP contribution in [-0.2, 0) is 21.5 Å². The minimum Gasteiger partial charge on any atom is -0.479 e. The van der Waals surface area contributed by atoms with Crippen LogP contribution < -0.4 is 0 Å². The van der Waals surface area contributed by atoms with Crippen molar-refractivity contribution in [1.82, 2.24) is 4.90 Å². The number of rotatable bonds is 7. The predicted molar refractivity (Wildman–Crippen MR) is 76.3 cm³/mol. The zero-order chi connectivity index (χ0) is 14.8. The molecule has 2 rings (SSSR count). The molecule has 0 spiro atoms. The van der Waals surface area contributed by atoms with Crippen LogP contribution in [0.4, 0.5) is 0 Å². The second-order valence-electron chi connectivity index (χ2n) is 5.31. The van der Waals surface area contributed by atoms with Crippen LogP contribution in [0.1, 0.15) is 44.2 Å². The fraction of sp³-hybridized carbons (Fsp3) is 0.500. The average molecular weight is 275 g/mol. The van der Waals surface area contributed by atoms with Gasteiger partial charge >= 0.3 is 5.97 Å². The van der Waals surface area contributed by atoms with Gasteiger partial charge in [-0.05, 0) is 36.8 Å². The first-order valence-electron chi connectivity index (χ1n) is 7.16. The minimum atomic E-state index is -1.24. The van der Waals surface area contributed by atoms with Gasteiger partial charge in [0.2, 0.25) is 6.41 Å². The van der Waals surface area contributed by atoms with E-state index in [1.807, 2.05) is 31.2 Å². The van der Waals surface area contributed by atoms with Crippen molar-refractivity contribution in [3.8, 4) is 0 Å². The molecule has 1 amide bonds. The van der Waals surface area contributed by atoms with Crippen molar-refractivity contribution in [1.29, 1.82) is 0 Å². The van der Waals surface area contributed by atoms with E-state index in [1.54, 1.807) is 0 Å². The van der Waals surface area contributed by atoms with Crippen LogP contribution in [0.3, 0.4) is 0 Å². The Morgan fingerprint density at radius 1 is 1.35 bits per heavy atom. The third kappa shape index (κ3) is 2.30. The topological polar surface area (TPSA) is 57.6 Å². The number of aryl methyl sites for hydroxylation is 1. The maximum absolute atomic E-state index is 11.9. The molecule has 0 bridgehead atoms. The van der Waals surface area contributed by atoms with E-state index in [2.05, 4.69) is 6.92 Å². The summed E-state index contributed by atoms with van der Waals surface area (Å²) < 4.78 is 0. The zero-order valence-corrected chi connectivity index (χ0v) is 12.0. The van der Waals surface area contributed by atoms with Crippen LogP contribution in [-0.4, -0.2) is 28.4 Å². The van der Waals surface area contributed by atoms with Gasteiger partial charge in [0.05, 0.1) is 0 Å². The minimum absolute atomic E-state index is 0.0643. The molecular weight excluding hydrogens is 254 g/mol. The first-order chi connectivity index (χ1) is 9.59. The summed E-state index contributed by atoms with van der Waals surface area (Å²) in [6.07, 6.45) is 3.75. The monoisotopic (exact) mass is 275 g/mol. The van der Waals surface area contributed by atoms with E-state index in [0.29, 0.717) is 18.4 Å². The van der Waals surface area contributed by atoms with E-state index in [0.717, 1.165) is 24.8 Å². The van der Waals surface area contributed by atoms with E-state index in [1.165, 1.54) is 4.90 Å². The van der Waals surface area contributed by atoms with Crippen molar-refractivity contribution < 1.29 is 14.7 Å². The summed E-state index contributed by atoms with van der Waals surface area (Å²) in [6.45, 7) is 3.88. The number of hydrogen-bond donors (Lipinski definition) is 1. The quantitative estimate of drug-likeness (QED) is 0.778. The normalized spacial score (nSPS) is 17.3. The molecule has 1 fully saturated rings. The second-order valence-corrected chi connectivity index (χ2v) is 5.31.